The first kappa shape index (κ1) is 20.6. The number of likely N-dealkylation sites (N-methyl/N-ethyl adjacent to an activating group) is 2. The molecule has 0 bridgehead atoms. The third kappa shape index (κ3) is 8.44. The minimum absolute atomic E-state index is 0.667. The molecule has 24 heavy (non-hydrogen) atoms. The molecule has 0 atom stereocenters. The standard InChI is InChI=1S/C15H35N9/c1-22(2)10-7-15(16)20-13(17-8-11-23(3)4)19-14(21-15)18-9-12-24(5)6/h7-12,16H2,1-6H3,(H3,17,18,19,20,21). The Morgan fingerprint density at radius 1 is 0.792 bits per heavy atom. The third-order valence-corrected chi connectivity index (χ3v) is 3.51. The Morgan fingerprint density at radius 3 is 1.58 bits per heavy atom. The van der Waals surface area contributed by atoms with E-state index in [1.165, 1.54) is 0 Å². The van der Waals surface area contributed by atoms with Gasteiger partial charge in [-0.2, -0.15) is 0 Å². The van der Waals surface area contributed by atoms with Crippen LogP contribution >= 0.6 is 0 Å². The zero-order valence-electron chi connectivity index (χ0n) is 16.1. The van der Waals surface area contributed by atoms with Gasteiger partial charge in [-0.25, -0.2) is 0 Å². The lowest BCUT2D eigenvalue weighted by Gasteiger charge is -2.39. The molecule has 0 aromatic carbocycles. The average molecular weight is 342 g/mol. The summed E-state index contributed by atoms with van der Waals surface area (Å²) in [6.45, 7) is 3.99. The lowest BCUT2D eigenvalue weighted by atomic mass is 10.2. The summed E-state index contributed by atoms with van der Waals surface area (Å²) in [5.41, 5.74) is 6.48. The highest BCUT2D eigenvalue weighted by Crippen LogP contribution is 2.03. The SMILES string of the molecule is CN(C)CCN=C1NC(=NCCN(C)C)NC(N)(CCN(C)C)N1. The van der Waals surface area contributed by atoms with E-state index in [4.69, 9.17) is 5.73 Å². The van der Waals surface area contributed by atoms with E-state index in [1.807, 2.05) is 42.3 Å². The van der Waals surface area contributed by atoms with E-state index in [0.29, 0.717) is 25.0 Å². The predicted molar refractivity (Wildman–Crippen MR) is 101 cm³/mol. The quantitative estimate of drug-likeness (QED) is 0.392. The van der Waals surface area contributed by atoms with Crippen LogP contribution in [0.5, 0.6) is 0 Å². The fraction of sp³-hybridized carbons (Fsp3) is 0.867. The van der Waals surface area contributed by atoms with Gasteiger partial charge in [0, 0.05) is 26.1 Å². The summed E-state index contributed by atoms with van der Waals surface area (Å²) in [6, 6.07) is 0. The molecule has 1 aliphatic heterocycles. The van der Waals surface area contributed by atoms with Gasteiger partial charge in [0.2, 0.25) is 11.9 Å². The monoisotopic (exact) mass is 341 g/mol. The average Bonchev–Trinajstić information content (AvgIpc) is 2.44. The Hall–Kier alpha value is -1.42. The number of nitrogens with zero attached hydrogens (tertiary/aromatic N) is 5. The van der Waals surface area contributed by atoms with Crippen LogP contribution in [0.2, 0.25) is 0 Å². The van der Waals surface area contributed by atoms with Crippen LogP contribution < -0.4 is 21.7 Å². The zero-order valence-corrected chi connectivity index (χ0v) is 16.1. The van der Waals surface area contributed by atoms with Gasteiger partial charge in [0.15, 0.2) is 5.79 Å². The topological polar surface area (TPSA) is 96.5 Å². The van der Waals surface area contributed by atoms with E-state index in [0.717, 1.165) is 26.1 Å². The van der Waals surface area contributed by atoms with Gasteiger partial charge in [-0.05, 0) is 42.3 Å². The van der Waals surface area contributed by atoms with E-state index in [1.54, 1.807) is 0 Å². The number of aliphatic imine (C=N–C) groups is 2. The molecule has 0 unspecified atom stereocenters. The smallest absolute Gasteiger partial charge is 0.201 e. The summed E-state index contributed by atoms with van der Waals surface area (Å²) >= 11 is 0. The molecule has 9 heteroatoms. The van der Waals surface area contributed by atoms with Gasteiger partial charge in [0.1, 0.15) is 0 Å². The highest BCUT2D eigenvalue weighted by atomic mass is 15.5. The van der Waals surface area contributed by atoms with Crippen molar-refractivity contribution in [2.24, 2.45) is 15.7 Å². The second-order valence-corrected chi connectivity index (χ2v) is 6.97. The van der Waals surface area contributed by atoms with Gasteiger partial charge < -0.3 is 25.3 Å². The van der Waals surface area contributed by atoms with Crippen LogP contribution in [-0.2, 0) is 0 Å². The van der Waals surface area contributed by atoms with Crippen LogP contribution in [0.3, 0.4) is 0 Å². The summed E-state index contributed by atoms with van der Waals surface area (Å²) in [5, 5.41) is 9.71. The molecule has 0 aromatic rings. The molecule has 0 saturated carbocycles. The van der Waals surface area contributed by atoms with Crippen molar-refractivity contribution in [3.05, 3.63) is 0 Å². The molecule has 1 saturated heterocycles. The number of nitrogens with one attached hydrogen (secondary N) is 3. The Morgan fingerprint density at radius 2 is 1.21 bits per heavy atom. The highest BCUT2D eigenvalue weighted by molar-refractivity contribution is 6.01. The summed E-state index contributed by atoms with van der Waals surface area (Å²) in [4.78, 5) is 15.4. The summed E-state index contributed by atoms with van der Waals surface area (Å²) in [7, 11) is 12.2. The van der Waals surface area contributed by atoms with Crippen molar-refractivity contribution in [2.75, 3.05) is 75.0 Å². The van der Waals surface area contributed by atoms with Crippen LogP contribution in [0.25, 0.3) is 0 Å². The Bertz CT molecular complexity index is 399. The van der Waals surface area contributed by atoms with E-state index in [2.05, 4.69) is 40.6 Å². The maximum Gasteiger partial charge on any atom is 0.201 e. The van der Waals surface area contributed by atoms with Crippen LogP contribution in [0, 0.1) is 0 Å². The molecule has 0 spiro atoms. The molecule has 0 amide bonds. The van der Waals surface area contributed by atoms with E-state index in [9.17, 15) is 0 Å². The molecule has 1 rings (SSSR count). The van der Waals surface area contributed by atoms with Gasteiger partial charge in [0.05, 0.1) is 13.1 Å². The Balaban J connectivity index is 2.77. The van der Waals surface area contributed by atoms with Crippen molar-refractivity contribution in [1.82, 2.24) is 30.7 Å². The first-order valence-corrected chi connectivity index (χ1v) is 8.35. The zero-order chi connectivity index (χ0) is 18.2. The van der Waals surface area contributed by atoms with Crippen LogP contribution in [-0.4, -0.2) is 107 Å². The number of nitrogens with two attached hydrogens (primary N) is 1. The first-order valence-electron chi connectivity index (χ1n) is 8.35. The van der Waals surface area contributed by atoms with E-state index >= 15 is 0 Å². The van der Waals surface area contributed by atoms with Crippen molar-refractivity contribution in [1.29, 1.82) is 0 Å². The minimum Gasteiger partial charge on any atom is -0.321 e. The molecule has 5 N–H and O–H groups in total. The van der Waals surface area contributed by atoms with E-state index in [-0.39, 0.29) is 0 Å². The fourth-order valence-corrected chi connectivity index (χ4v) is 2.04. The van der Waals surface area contributed by atoms with Crippen molar-refractivity contribution >= 4 is 11.9 Å². The molecule has 0 aliphatic carbocycles. The van der Waals surface area contributed by atoms with E-state index < -0.39 is 5.79 Å². The molecule has 1 heterocycles. The molecule has 140 valence electrons. The lowest BCUT2D eigenvalue weighted by molar-refractivity contribution is 0.269. The summed E-state index contributed by atoms with van der Waals surface area (Å²) in [5.74, 6) is 0.574. The molecule has 9 nitrogen and oxygen atoms in total. The predicted octanol–water partition coefficient (Wildman–Crippen LogP) is -1.83. The molecule has 1 aliphatic rings. The van der Waals surface area contributed by atoms with Gasteiger partial charge in [0.25, 0.3) is 0 Å². The summed E-state index contributed by atoms with van der Waals surface area (Å²) < 4.78 is 0. The molecule has 0 aromatic heterocycles. The fourth-order valence-electron chi connectivity index (χ4n) is 2.04. The van der Waals surface area contributed by atoms with Crippen molar-refractivity contribution in [3.63, 3.8) is 0 Å². The lowest BCUT2D eigenvalue weighted by Crippen LogP contribution is -2.76. The number of hydrogen-bond acceptors (Lipinski definition) is 6. The summed E-state index contributed by atoms with van der Waals surface area (Å²) in [6.07, 6.45) is 0.723. The molecule has 1 fully saturated rings. The van der Waals surface area contributed by atoms with Gasteiger partial charge in [-0.3, -0.25) is 21.0 Å². The number of rotatable bonds is 9. The second-order valence-electron chi connectivity index (χ2n) is 6.97. The number of guanidine groups is 2. The van der Waals surface area contributed by atoms with Crippen LogP contribution in [0.1, 0.15) is 6.42 Å². The maximum atomic E-state index is 6.48. The van der Waals surface area contributed by atoms with Crippen molar-refractivity contribution < 1.29 is 0 Å². The van der Waals surface area contributed by atoms with Gasteiger partial charge in [-0.15, -0.1) is 0 Å². The van der Waals surface area contributed by atoms with Gasteiger partial charge in [-0.1, -0.05) is 0 Å². The van der Waals surface area contributed by atoms with Gasteiger partial charge >= 0.3 is 0 Å². The van der Waals surface area contributed by atoms with Crippen LogP contribution in [0.4, 0.5) is 0 Å². The normalized spacial score (nSPS) is 24.6. The van der Waals surface area contributed by atoms with Crippen molar-refractivity contribution in [3.8, 4) is 0 Å². The molecular weight excluding hydrogens is 306 g/mol. The second kappa shape index (κ2) is 9.77. The molecule has 0 radical (unpaired) electrons. The maximum absolute atomic E-state index is 6.48. The Kier molecular flexibility index (Phi) is 8.40. The highest BCUT2D eigenvalue weighted by Gasteiger charge is 2.32. The van der Waals surface area contributed by atoms with Crippen LogP contribution in [0.15, 0.2) is 9.98 Å². The molecular formula is C15H35N9. The van der Waals surface area contributed by atoms with Crippen molar-refractivity contribution in [2.45, 2.75) is 12.2 Å². The number of hydrogen-bond donors (Lipinski definition) is 4. The third-order valence-electron chi connectivity index (χ3n) is 3.51. The first-order chi connectivity index (χ1) is 11.2. The largest absolute Gasteiger partial charge is 0.321 e. The minimum atomic E-state index is -0.760. The Labute approximate surface area is 146 Å².